The molecule has 0 spiro atoms. The molecule has 0 heterocycles. The van der Waals surface area contributed by atoms with Gasteiger partial charge in [-0.15, -0.1) is 0 Å². The maximum atomic E-state index is 8.77. The Bertz CT molecular complexity index is 1160. The van der Waals surface area contributed by atoms with Gasteiger partial charge in [-0.25, -0.2) is 0 Å². The molecule has 0 aliphatic rings. The molecule has 0 aliphatic heterocycles. The molecule has 3 rings (SSSR count). The highest BCUT2D eigenvalue weighted by molar-refractivity contribution is 5.81. The smallest absolute Gasteiger partial charge is 0.161 e. The second-order valence-corrected chi connectivity index (χ2v) is 8.34. The third-order valence-corrected chi connectivity index (χ3v) is 6.47. The molecule has 0 aliphatic carbocycles. The molecule has 36 heavy (non-hydrogen) atoms. The van der Waals surface area contributed by atoms with Crippen LogP contribution in [0.5, 0.6) is 23.0 Å². The number of hydrogen-bond donors (Lipinski definition) is 2. The van der Waals surface area contributed by atoms with Gasteiger partial charge in [-0.2, -0.15) is 0 Å². The summed E-state index contributed by atoms with van der Waals surface area (Å²) in [5.41, 5.74) is 8.20. The zero-order valence-corrected chi connectivity index (χ0v) is 21.5. The van der Waals surface area contributed by atoms with E-state index in [-0.39, 0.29) is 0 Å². The topological polar surface area (TPSA) is 102 Å². The number of benzene rings is 3. The van der Waals surface area contributed by atoms with Crippen molar-refractivity contribution in [3.63, 3.8) is 0 Å². The van der Waals surface area contributed by atoms with Gasteiger partial charge >= 0.3 is 0 Å². The predicted octanol–water partition coefficient (Wildman–Crippen LogP) is 5.71. The highest BCUT2D eigenvalue weighted by Gasteiger charge is 2.17. The molecule has 0 saturated carbocycles. The van der Waals surface area contributed by atoms with Crippen LogP contribution in [0.25, 0.3) is 0 Å². The summed E-state index contributed by atoms with van der Waals surface area (Å²) >= 11 is 0. The molecule has 2 N–H and O–H groups in total. The maximum absolute atomic E-state index is 8.77. The summed E-state index contributed by atoms with van der Waals surface area (Å²) in [5, 5.41) is 23.7. The summed E-state index contributed by atoms with van der Waals surface area (Å²) in [6.45, 7) is 9.12. The van der Waals surface area contributed by atoms with Crippen LogP contribution in [-0.2, 0) is 13.2 Å². The summed E-state index contributed by atoms with van der Waals surface area (Å²) in [6, 6.07) is 10.7. The van der Waals surface area contributed by atoms with Gasteiger partial charge in [0.25, 0.3) is 0 Å². The molecule has 0 aromatic heterocycles. The molecule has 0 saturated heterocycles. The fraction of sp³-hybridized carbons (Fsp3) is 0.286. The largest absolute Gasteiger partial charge is 0.493 e. The Morgan fingerprint density at radius 1 is 0.611 bits per heavy atom. The quantitative estimate of drug-likeness (QED) is 0.213. The Balaban J connectivity index is 1.83. The van der Waals surface area contributed by atoms with Crippen molar-refractivity contribution in [1.29, 1.82) is 0 Å². The number of hydrogen-bond acceptors (Lipinski definition) is 8. The number of methoxy groups -OCH3 is 2. The molecule has 0 unspecified atom stereocenters. The zero-order chi connectivity index (χ0) is 26.2. The summed E-state index contributed by atoms with van der Waals surface area (Å²) in [4.78, 5) is 0. The van der Waals surface area contributed by atoms with Gasteiger partial charge in [0.05, 0.1) is 26.6 Å². The third kappa shape index (κ3) is 5.71. The molecule has 0 bridgehead atoms. The molecule has 190 valence electrons. The maximum Gasteiger partial charge on any atom is 0.161 e. The average Bonchev–Trinajstić information content (AvgIpc) is 2.88. The van der Waals surface area contributed by atoms with Gasteiger partial charge in [0.2, 0.25) is 0 Å². The first-order chi connectivity index (χ1) is 17.3. The molecular weight excluding hydrogens is 460 g/mol. The van der Waals surface area contributed by atoms with Crippen LogP contribution in [0.4, 0.5) is 0 Å². The van der Waals surface area contributed by atoms with Gasteiger partial charge < -0.3 is 29.4 Å². The van der Waals surface area contributed by atoms with Crippen LogP contribution in [0.2, 0.25) is 0 Å². The molecule has 8 nitrogen and oxygen atoms in total. The average molecular weight is 493 g/mol. The summed E-state index contributed by atoms with van der Waals surface area (Å²) < 4.78 is 23.2. The molecular formula is C28H32N2O6. The Kier molecular flexibility index (Phi) is 8.78. The van der Waals surface area contributed by atoms with Crippen molar-refractivity contribution >= 4 is 12.4 Å². The van der Waals surface area contributed by atoms with Gasteiger partial charge in [0.1, 0.15) is 13.2 Å². The monoisotopic (exact) mass is 492 g/mol. The van der Waals surface area contributed by atoms with Crippen molar-refractivity contribution in [2.24, 2.45) is 10.3 Å². The summed E-state index contributed by atoms with van der Waals surface area (Å²) in [6.07, 6.45) is 2.67. The first kappa shape index (κ1) is 26.4. The van der Waals surface area contributed by atoms with E-state index < -0.39 is 0 Å². The van der Waals surface area contributed by atoms with E-state index in [4.69, 9.17) is 29.4 Å². The number of oxime groups is 2. The van der Waals surface area contributed by atoms with Crippen LogP contribution in [0.15, 0.2) is 46.7 Å². The van der Waals surface area contributed by atoms with Gasteiger partial charge in [-0.1, -0.05) is 10.3 Å². The van der Waals surface area contributed by atoms with Crippen molar-refractivity contribution in [3.8, 4) is 23.0 Å². The minimum absolute atomic E-state index is 0.381. The van der Waals surface area contributed by atoms with E-state index >= 15 is 0 Å². The SMILES string of the molecule is COc1cc(C=NO)ccc1OCc1c(C)c(C)c(COc2ccc(C=NO)cc2OC)c(C)c1C. The van der Waals surface area contributed by atoms with Gasteiger partial charge in [-0.05, 0) is 97.5 Å². The Hall–Kier alpha value is -4.20. The fourth-order valence-corrected chi connectivity index (χ4v) is 4.10. The molecule has 0 amide bonds. The first-order valence-corrected chi connectivity index (χ1v) is 11.4. The second kappa shape index (κ2) is 12.0. The molecule has 8 heteroatoms. The lowest BCUT2D eigenvalue weighted by molar-refractivity contribution is 0.279. The van der Waals surface area contributed by atoms with Gasteiger partial charge in [-0.3, -0.25) is 0 Å². The van der Waals surface area contributed by atoms with E-state index in [1.165, 1.54) is 12.4 Å². The third-order valence-electron chi connectivity index (χ3n) is 6.47. The van der Waals surface area contributed by atoms with E-state index in [1.807, 2.05) is 0 Å². The lowest BCUT2D eigenvalue weighted by Crippen LogP contribution is -2.10. The number of rotatable bonds is 10. The zero-order valence-electron chi connectivity index (χ0n) is 21.5. The van der Waals surface area contributed by atoms with Crippen LogP contribution in [0.1, 0.15) is 44.5 Å². The number of ether oxygens (including phenoxy) is 4. The Morgan fingerprint density at radius 3 is 1.28 bits per heavy atom. The molecule has 0 fully saturated rings. The summed E-state index contributed by atoms with van der Waals surface area (Å²) in [7, 11) is 3.15. The molecule has 3 aromatic rings. The second-order valence-electron chi connectivity index (χ2n) is 8.34. The van der Waals surface area contributed by atoms with E-state index in [0.29, 0.717) is 47.3 Å². The Labute approximate surface area is 211 Å². The molecule has 0 radical (unpaired) electrons. The minimum Gasteiger partial charge on any atom is -0.493 e. The highest BCUT2D eigenvalue weighted by Crippen LogP contribution is 2.33. The normalized spacial score (nSPS) is 11.3. The van der Waals surface area contributed by atoms with Crippen LogP contribution < -0.4 is 18.9 Å². The number of nitrogens with zero attached hydrogens (tertiary/aromatic N) is 2. The van der Waals surface area contributed by atoms with E-state index in [2.05, 4.69) is 38.0 Å². The van der Waals surface area contributed by atoms with Crippen LogP contribution >= 0.6 is 0 Å². The van der Waals surface area contributed by atoms with E-state index in [1.54, 1.807) is 50.6 Å². The van der Waals surface area contributed by atoms with Crippen LogP contribution in [-0.4, -0.2) is 37.1 Å². The van der Waals surface area contributed by atoms with Crippen molar-refractivity contribution in [2.45, 2.75) is 40.9 Å². The molecule has 3 aromatic carbocycles. The van der Waals surface area contributed by atoms with Crippen molar-refractivity contribution in [2.75, 3.05) is 14.2 Å². The minimum atomic E-state index is 0.381. The van der Waals surface area contributed by atoms with Crippen molar-refractivity contribution in [3.05, 3.63) is 80.9 Å². The lowest BCUT2D eigenvalue weighted by Gasteiger charge is -2.22. The Morgan fingerprint density at radius 2 is 0.972 bits per heavy atom. The van der Waals surface area contributed by atoms with E-state index in [9.17, 15) is 0 Å². The predicted molar refractivity (Wildman–Crippen MR) is 139 cm³/mol. The van der Waals surface area contributed by atoms with Crippen LogP contribution in [0.3, 0.4) is 0 Å². The standard InChI is InChI=1S/C28H32N2O6/c1-17-18(2)24(16-36-26-10-8-22(14-30-32)12-28(26)34-6)20(4)19(3)23(17)15-35-25-9-7-21(13-29-31)11-27(25)33-5/h7-14,31-32H,15-16H2,1-6H3. The van der Waals surface area contributed by atoms with Gasteiger partial charge in [0, 0.05) is 11.1 Å². The highest BCUT2D eigenvalue weighted by atomic mass is 16.5. The lowest BCUT2D eigenvalue weighted by atomic mass is 9.89. The van der Waals surface area contributed by atoms with E-state index in [0.717, 1.165) is 33.4 Å². The fourth-order valence-electron chi connectivity index (χ4n) is 4.10. The first-order valence-electron chi connectivity index (χ1n) is 11.4. The van der Waals surface area contributed by atoms with Crippen molar-refractivity contribution < 1.29 is 29.4 Å². The summed E-state index contributed by atoms with van der Waals surface area (Å²) in [5.74, 6) is 2.34. The van der Waals surface area contributed by atoms with Crippen LogP contribution in [0, 0.1) is 27.7 Å². The van der Waals surface area contributed by atoms with Crippen molar-refractivity contribution in [1.82, 2.24) is 0 Å². The molecule has 0 atom stereocenters. The van der Waals surface area contributed by atoms with Gasteiger partial charge in [0.15, 0.2) is 23.0 Å².